The largest absolute Gasteiger partial charge is 0.481 e. The maximum Gasteiger partial charge on any atom is 0.315 e. The Labute approximate surface area is 124 Å². The summed E-state index contributed by atoms with van der Waals surface area (Å²) in [6, 6.07) is -0.440. The average molecular weight is 300 g/mol. The Morgan fingerprint density at radius 2 is 1.95 bits per heavy atom. The first-order valence-corrected chi connectivity index (χ1v) is 8.61. The summed E-state index contributed by atoms with van der Waals surface area (Å²) in [6.07, 6.45) is 9.15. The van der Waals surface area contributed by atoms with Gasteiger partial charge in [-0.1, -0.05) is 19.3 Å². The summed E-state index contributed by atoms with van der Waals surface area (Å²) in [5.41, 5.74) is 0. The number of hydrogen-bond acceptors (Lipinski definition) is 3. The molecule has 0 radical (unpaired) electrons. The Bertz CT molecular complexity index is 369. The lowest BCUT2D eigenvalue weighted by atomic mass is 10.0. The molecule has 6 heteroatoms. The lowest BCUT2D eigenvalue weighted by Crippen LogP contribution is -2.48. The molecule has 0 aliphatic heterocycles. The van der Waals surface area contributed by atoms with Crippen LogP contribution in [0.2, 0.25) is 0 Å². The lowest BCUT2D eigenvalue weighted by Gasteiger charge is -2.27. The Hall–Kier alpha value is -0.910. The molecule has 114 valence electrons. The summed E-state index contributed by atoms with van der Waals surface area (Å²) in [5.74, 6) is -1.23. The van der Waals surface area contributed by atoms with Gasteiger partial charge in [0.25, 0.3) is 0 Å². The van der Waals surface area contributed by atoms with Gasteiger partial charge in [0.1, 0.15) is 0 Å². The Morgan fingerprint density at radius 1 is 1.25 bits per heavy atom. The maximum atomic E-state index is 12.0. The molecule has 0 bridgehead atoms. The summed E-state index contributed by atoms with van der Waals surface area (Å²) in [4.78, 5) is 23.0. The van der Waals surface area contributed by atoms with Gasteiger partial charge in [0.15, 0.2) is 0 Å². The van der Waals surface area contributed by atoms with Gasteiger partial charge in [0.2, 0.25) is 0 Å². The highest BCUT2D eigenvalue weighted by molar-refractivity contribution is 8.00. The predicted octanol–water partition coefficient (Wildman–Crippen LogP) is 2.21. The first-order valence-electron chi connectivity index (χ1n) is 7.39. The number of carbonyl (C=O) groups excluding carboxylic acids is 1. The fourth-order valence-corrected chi connectivity index (χ4v) is 4.28. The van der Waals surface area contributed by atoms with Crippen LogP contribution in [0.1, 0.15) is 44.9 Å². The molecule has 2 aliphatic carbocycles. The second kappa shape index (κ2) is 6.70. The Balaban J connectivity index is 1.79. The molecule has 0 aromatic heterocycles. The highest BCUT2D eigenvalue weighted by Gasteiger charge is 2.35. The number of carbonyl (C=O) groups is 2. The molecular weight excluding hydrogens is 276 g/mol. The van der Waals surface area contributed by atoms with Crippen LogP contribution in [-0.2, 0) is 4.79 Å². The van der Waals surface area contributed by atoms with Crippen LogP contribution in [0, 0.1) is 5.92 Å². The minimum absolute atomic E-state index is 0.180. The van der Waals surface area contributed by atoms with Gasteiger partial charge >= 0.3 is 12.0 Å². The molecular formula is C14H24N2O3S. The van der Waals surface area contributed by atoms with E-state index in [9.17, 15) is 9.59 Å². The third-order valence-electron chi connectivity index (χ3n) is 4.67. The van der Waals surface area contributed by atoms with Gasteiger partial charge in [0.05, 0.1) is 5.92 Å². The van der Waals surface area contributed by atoms with Crippen molar-refractivity contribution in [1.82, 2.24) is 10.6 Å². The fraction of sp³-hybridized carbons (Fsp3) is 0.857. The highest BCUT2D eigenvalue weighted by Crippen LogP contribution is 2.39. The van der Waals surface area contributed by atoms with E-state index in [1.54, 1.807) is 0 Å². The van der Waals surface area contributed by atoms with Crippen LogP contribution in [0.25, 0.3) is 0 Å². The highest BCUT2D eigenvalue weighted by atomic mass is 32.2. The molecule has 2 fully saturated rings. The number of carboxylic acid groups (broad SMARTS) is 1. The fourth-order valence-electron chi connectivity index (χ4n) is 3.36. The van der Waals surface area contributed by atoms with E-state index in [0.717, 1.165) is 25.7 Å². The van der Waals surface area contributed by atoms with E-state index in [4.69, 9.17) is 5.11 Å². The number of rotatable bonds is 5. The molecule has 2 rings (SSSR count). The van der Waals surface area contributed by atoms with Crippen molar-refractivity contribution in [1.29, 1.82) is 0 Å². The number of thioether (sulfide) groups is 1. The predicted molar refractivity (Wildman–Crippen MR) is 80.0 cm³/mol. The molecule has 20 heavy (non-hydrogen) atoms. The molecule has 3 N–H and O–H groups in total. The van der Waals surface area contributed by atoms with E-state index in [1.165, 1.54) is 12.8 Å². The summed E-state index contributed by atoms with van der Waals surface area (Å²) in [5, 5.41) is 14.9. The number of urea groups is 1. The zero-order chi connectivity index (χ0) is 14.6. The molecule has 2 aliphatic rings. The van der Waals surface area contributed by atoms with Gasteiger partial charge in [-0.15, -0.1) is 0 Å². The molecule has 0 aromatic carbocycles. The van der Waals surface area contributed by atoms with E-state index < -0.39 is 11.9 Å². The molecule has 2 amide bonds. The van der Waals surface area contributed by atoms with Crippen LogP contribution in [0.15, 0.2) is 0 Å². The smallest absolute Gasteiger partial charge is 0.315 e. The number of carboxylic acids is 1. The summed E-state index contributed by atoms with van der Waals surface area (Å²) < 4.78 is 0.180. The third-order valence-corrected chi connectivity index (χ3v) is 6.09. The van der Waals surface area contributed by atoms with Gasteiger partial charge in [-0.3, -0.25) is 4.79 Å². The zero-order valence-electron chi connectivity index (χ0n) is 12.0. The average Bonchev–Trinajstić information content (AvgIpc) is 3.05. The topological polar surface area (TPSA) is 78.4 Å². The van der Waals surface area contributed by atoms with Crippen molar-refractivity contribution in [3.05, 3.63) is 0 Å². The van der Waals surface area contributed by atoms with Crippen molar-refractivity contribution in [2.24, 2.45) is 5.92 Å². The minimum atomic E-state index is -0.802. The van der Waals surface area contributed by atoms with Crippen molar-refractivity contribution in [2.75, 3.05) is 12.8 Å². The normalized spacial score (nSPS) is 28.2. The number of amides is 2. The van der Waals surface area contributed by atoms with E-state index in [0.29, 0.717) is 13.0 Å². The van der Waals surface area contributed by atoms with Crippen LogP contribution >= 0.6 is 11.8 Å². The molecule has 2 unspecified atom stereocenters. The van der Waals surface area contributed by atoms with Crippen LogP contribution in [0.4, 0.5) is 4.79 Å². The number of nitrogens with one attached hydrogen (secondary N) is 2. The molecule has 5 nitrogen and oxygen atoms in total. The van der Waals surface area contributed by atoms with E-state index in [-0.39, 0.29) is 16.8 Å². The monoisotopic (exact) mass is 300 g/mol. The van der Waals surface area contributed by atoms with Gasteiger partial charge < -0.3 is 15.7 Å². The van der Waals surface area contributed by atoms with Crippen LogP contribution in [-0.4, -0.2) is 40.7 Å². The second-order valence-corrected chi connectivity index (χ2v) is 7.18. The second-order valence-electron chi connectivity index (χ2n) is 5.90. The summed E-state index contributed by atoms with van der Waals surface area (Å²) >= 11 is 1.83. The van der Waals surface area contributed by atoms with Crippen molar-refractivity contribution in [2.45, 2.75) is 55.7 Å². The first kappa shape index (κ1) is 15.5. The zero-order valence-corrected chi connectivity index (χ0v) is 12.8. The quantitative estimate of drug-likeness (QED) is 0.727. The van der Waals surface area contributed by atoms with Crippen molar-refractivity contribution < 1.29 is 14.7 Å². The van der Waals surface area contributed by atoms with Crippen LogP contribution in [0.3, 0.4) is 0 Å². The van der Waals surface area contributed by atoms with E-state index in [1.807, 2.05) is 11.8 Å². The Kier molecular flexibility index (Phi) is 5.18. The van der Waals surface area contributed by atoms with Gasteiger partial charge in [-0.05, 0) is 31.9 Å². The van der Waals surface area contributed by atoms with E-state index in [2.05, 4.69) is 16.9 Å². The van der Waals surface area contributed by atoms with E-state index >= 15 is 0 Å². The SMILES string of the molecule is CSC1(CNC(=O)NC2CCCC2C(=O)O)CCCC1. The lowest BCUT2D eigenvalue weighted by molar-refractivity contribution is -0.142. The van der Waals surface area contributed by atoms with Crippen LogP contribution < -0.4 is 10.6 Å². The van der Waals surface area contributed by atoms with Crippen molar-refractivity contribution in [3.8, 4) is 0 Å². The molecule has 0 aromatic rings. The van der Waals surface area contributed by atoms with Gasteiger partial charge in [0, 0.05) is 17.3 Å². The first-order chi connectivity index (χ1) is 9.56. The standard InChI is InChI=1S/C14H24N2O3S/c1-20-14(7-2-3-8-14)9-15-13(19)16-11-6-4-5-10(11)12(17)18/h10-11H,2-9H2,1H3,(H,17,18)(H2,15,16,19). The summed E-state index contributed by atoms with van der Waals surface area (Å²) in [7, 11) is 0. The molecule has 0 heterocycles. The Morgan fingerprint density at radius 3 is 2.55 bits per heavy atom. The van der Waals surface area contributed by atoms with Gasteiger partial charge in [-0.2, -0.15) is 11.8 Å². The minimum Gasteiger partial charge on any atom is -0.481 e. The van der Waals surface area contributed by atoms with Crippen molar-refractivity contribution >= 4 is 23.8 Å². The molecule has 2 atom stereocenters. The maximum absolute atomic E-state index is 12.0. The van der Waals surface area contributed by atoms with Gasteiger partial charge in [-0.25, -0.2) is 4.79 Å². The molecule has 0 spiro atoms. The molecule has 0 saturated heterocycles. The van der Waals surface area contributed by atoms with Crippen LogP contribution in [0.5, 0.6) is 0 Å². The molecule has 2 saturated carbocycles. The third kappa shape index (κ3) is 3.59. The number of aliphatic carboxylic acids is 1. The summed E-state index contributed by atoms with van der Waals surface area (Å²) in [6.45, 7) is 0.671. The van der Waals surface area contributed by atoms with Crippen molar-refractivity contribution in [3.63, 3.8) is 0 Å². The number of hydrogen-bond donors (Lipinski definition) is 3.